The maximum atomic E-state index is 13.8. The zero-order valence-electron chi connectivity index (χ0n) is 19.1. The Kier molecular flexibility index (Phi) is 7.38. The van der Waals surface area contributed by atoms with Gasteiger partial charge >= 0.3 is 0 Å². The van der Waals surface area contributed by atoms with E-state index in [0.29, 0.717) is 12.8 Å². The second kappa shape index (κ2) is 9.35. The number of rotatable bonds is 9. The number of alkyl halides is 1. The Hall–Kier alpha value is -1.19. The largest absolute Gasteiger partial charge is 0.394 e. The molecule has 0 saturated carbocycles. The maximum absolute atomic E-state index is 13.8. The van der Waals surface area contributed by atoms with Crippen molar-refractivity contribution in [3.05, 3.63) is 0 Å². The number of hydrogen-bond donors (Lipinski definition) is 3. The molecule has 3 aliphatic heterocycles. The number of nitrogens with one attached hydrogen (secondary N) is 2. The first kappa shape index (κ1) is 24.5. The smallest absolute Gasteiger partial charge is 0.246 e. The van der Waals surface area contributed by atoms with Crippen LogP contribution in [-0.2, 0) is 19.1 Å². The van der Waals surface area contributed by atoms with E-state index in [0.717, 1.165) is 12.8 Å². The number of amides is 3. The first-order valence-corrected chi connectivity index (χ1v) is 12.3. The molecule has 0 radical (unpaired) electrons. The molecule has 4 unspecified atom stereocenters. The van der Waals surface area contributed by atoms with E-state index >= 15 is 0 Å². The van der Waals surface area contributed by atoms with E-state index in [4.69, 9.17) is 4.74 Å². The van der Waals surface area contributed by atoms with Gasteiger partial charge in [-0.05, 0) is 32.1 Å². The molecule has 3 aliphatic rings. The number of aliphatic hydroxyl groups excluding tert-OH is 1. The first-order chi connectivity index (χ1) is 14.6. The van der Waals surface area contributed by atoms with Crippen molar-refractivity contribution >= 4 is 33.7 Å². The molecule has 0 aromatic heterocycles. The molecular formula is C22H36BrN3O5. The summed E-state index contributed by atoms with van der Waals surface area (Å²) in [5.74, 6) is -1.96. The van der Waals surface area contributed by atoms with Gasteiger partial charge in [-0.15, -0.1) is 0 Å². The minimum absolute atomic E-state index is 0.0457. The molecule has 3 N–H and O–H groups in total. The molecule has 9 heteroatoms. The molecule has 1 spiro atoms. The van der Waals surface area contributed by atoms with Gasteiger partial charge in [0.05, 0.1) is 30.6 Å². The number of carbonyl (C=O) groups is 3. The summed E-state index contributed by atoms with van der Waals surface area (Å²) >= 11 is 3.64. The van der Waals surface area contributed by atoms with E-state index in [1.807, 2.05) is 20.8 Å². The summed E-state index contributed by atoms with van der Waals surface area (Å²) in [6, 6.07) is -1.43. The van der Waals surface area contributed by atoms with Crippen LogP contribution in [0.2, 0.25) is 0 Å². The Morgan fingerprint density at radius 2 is 2.00 bits per heavy atom. The Balaban J connectivity index is 2.05. The van der Waals surface area contributed by atoms with Crippen molar-refractivity contribution in [2.45, 2.75) is 88.0 Å². The lowest BCUT2D eigenvalue weighted by Gasteiger charge is -2.38. The van der Waals surface area contributed by atoms with Crippen molar-refractivity contribution < 1.29 is 24.2 Å². The van der Waals surface area contributed by atoms with Crippen LogP contribution in [-0.4, -0.2) is 76.0 Å². The van der Waals surface area contributed by atoms with Crippen molar-refractivity contribution in [1.29, 1.82) is 0 Å². The molecule has 3 rings (SSSR count). The van der Waals surface area contributed by atoms with Gasteiger partial charge in [0.15, 0.2) is 0 Å². The molecule has 0 aromatic rings. The molecule has 3 saturated heterocycles. The summed E-state index contributed by atoms with van der Waals surface area (Å²) in [5, 5.41) is 15.9. The third-order valence-electron chi connectivity index (χ3n) is 6.98. The second-order valence-corrected chi connectivity index (χ2v) is 10.9. The molecule has 2 bridgehead atoms. The van der Waals surface area contributed by atoms with Crippen LogP contribution in [0.4, 0.5) is 0 Å². The molecule has 176 valence electrons. The Morgan fingerprint density at radius 1 is 1.32 bits per heavy atom. The molecule has 3 heterocycles. The SMILES string of the molecule is CCCC(C)NC(=O)C1N([C@@H](CO)CC(C)C)C(=O)[C@@H]2[C@@H](C(=O)NC)[C@@H]3OC12CC3Br. The van der Waals surface area contributed by atoms with Crippen LogP contribution < -0.4 is 10.6 Å². The van der Waals surface area contributed by atoms with Crippen LogP contribution in [0.15, 0.2) is 0 Å². The summed E-state index contributed by atoms with van der Waals surface area (Å²) in [4.78, 5) is 41.5. The van der Waals surface area contributed by atoms with Gasteiger partial charge in [-0.1, -0.05) is 43.1 Å². The van der Waals surface area contributed by atoms with E-state index < -0.39 is 35.6 Å². The fraction of sp³-hybridized carbons (Fsp3) is 0.864. The molecule has 0 aromatic carbocycles. The number of hydrogen-bond acceptors (Lipinski definition) is 5. The quantitative estimate of drug-likeness (QED) is 0.411. The van der Waals surface area contributed by atoms with Gasteiger partial charge in [-0.2, -0.15) is 0 Å². The maximum Gasteiger partial charge on any atom is 0.246 e. The van der Waals surface area contributed by atoms with E-state index in [-0.39, 0.29) is 41.1 Å². The van der Waals surface area contributed by atoms with Gasteiger partial charge in [0.2, 0.25) is 17.7 Å². The molecule has 3 fully saturated rings. The summed E-state index contributed by atoms with van der Waals surface area (Å²) in [7, 11) is 1.55. The van der Waals surface area contributed by atoms with Crippen LogP contribution >= 0.6 is 15.9 Å². The van der Waals surface area contributed by atoms with Gasteiger partial charge < -0.3 is 25.4 Å². The molecule has 3 amide bonds. The highest BCUT2D eigenvalue weighted by atomic mass is 79.9. The normalized spacial score (nSPS) is 35.9. The monoisotopic (exact) mass is 501 g/mol. The number of carbonyl (C=O) groups excluding carboxylic acids is 3. The van der Waals surface area contributed by atoms with Gasteiger partial charge in [0, 0.05) is 17.9 Å². The molecule has 8 nitrogen and oxygen atoms in total. The standard InChI is InChI=1S/C22H36BrN3O5/c1-6-7-12(4)25-20(29)18-22-9-14(23)17(31-22)15(19(28)24-5)16(22)21(30)26(18)13(10-27)8-11(2)3/h11-18,27H,6-10H2,1-5H3,(H,24,28)(H,25,29)/t12?,13-,14?,15-,16+,17-,18?,22?/m1/s1. The number of fused-ring (bicyclic) bond motifs is 1. The first-order valence-electron chi connectivity index (χ1n) is 11.4. The van der Waals surface area contributed by atoms with Crippen molar-refractivity contribution in [2.75, 3.05) is 13.7 Å². The number of likely N-dealkylation sites (tertiary alicyclic amines) is 1. The lowest BCUT2D eigenvalue weighted by atomic mass is 9.70. The van der Waals surface area contributed by atoms with Crippen LogP contribution in [0.3, 0.4) is 0 Å². The summed E-state index contributed by atoms with van der Waals surface area (Å²) in [6.07, 6.45) is 2.32. The van der Waals surface area contributed by atoms with Crippen LogP contribution in [0.1, 0.15) is 53.4 Å². The summed E-state index contributed by atoms with van der Waals surface area (Å²) < 4.78 is 6.39. The molecule has 0 aliphatic carbocycles. The Labute approximate surface area is 193 Å². The third kappa shape index (κ3) is 4.02. The predicted molar refractivity (Wildman–Crippen MR) is 119 cm³/mol. The second-order valence-electron chi connectivity index (χ2n) is 9.69. The minimum atomic E-state index is -1.08. The fourth-order valence-electron chi connectivity index (χ4n) is 5.87. The van der Waals surface area contributed by atoms with E-state index in [1.54, 1.807) is 7.05 Å². The van der Waals surface area contributed by atoms with Gasteiger partial charge in [0.25, 0.3) is 0 Å². The third-order valence-corrected chi connectivity index (χ3v) is 7.83. The topological polar surface area (TPSA) is 108 Å². The highest BCUT2D eigenvalue weighted by molar-refractivity contribution is 9.09. The zero-order valence-corrected chi connectivity index (χ0v) is 20.6. The van der Waals surface area contributed by atoms with Gasteiger partial charge in [-0.25, -0.2) is 0 Å². The number of nitrogens with zero attached hydrogens (tertiary/aromatic N) is 1. The average Bonchev–Trinajstić information content (AvgIpc) is 3.29. The Morgan fingerprint density at radius 3 is 2.55 bits per heavy atom. The van der Waals surface area contributed by atoms with E-state index in [1.165, 1.54) is 4.90 Å². The number of halogens is 1. The minimum Gasteiger partial charge on any atom is -0.394 e. The van der Waals surface area contributed by atoms with Crippen molar-refractivity contribution in [1.82, 2.24) is 15.5 Å². The predicted octanol–water partition coefficient (Wildman–Crippen LogP) is 1.19. The molecular weight excluding hydrogens is 466 g/mol. The highest BCUT2D eigenvalue weighted by Gasteiger charge is 2.76. The summed E-state index contributed by atoms with van der Waals surface area (Å²) in [5.41, 5.74) is -1.08. The van der Waals surface area contributed by atoms with Crippen LogP contribution in [0.25, 0.3) is 0 Å². The summed E-state index contributed by atoms with van der Waals surface area (Å²) in [6.45, 7) is 7.79. The highest BCUT2D eigenvalue weighted by Crippen LogP contribution is 2.60. The molecule has 31 heavy (non-hydrogen) atoms. The van der Waals surface area contributed by atoms with Crippen LogP contribution in [0, 0.1) is 17.8 Å². The Bertz CT molecular complexity index is 719. The zero-order chi connectivity index (χ0) is 23.1. The van der Waals surface area contributed by atoms with E-state index in [9.17, 15) is 19.5 Å². The lowest BCUT2D eigenvalue weighted by Crippen LogP contribution is -2.59. The number of aliphatic hydroxyl groups is 1. The van der Waals surface area contributed by atoms with Crippen molar-refractivity contribution in [2.24, 2.45) is 17.8 Å². The van der Waals surface area contributed by atoms with Gasteiger partial charge in [-0.3, -0.25) is 14.4 Å². The average molecular weight is 502 g/mol. The van der Waals surface area contributed by atoms with Crippen molar-refractivity contribution in [3.63, 3.8) is 0 Å². The number of ether oxygens (including phenoxy) is 1. The fourth-order valence-corrected chi connectivity index (χ4v) is 6.82. The van der Waals surface area contributed by atoms with Crippen LogP contribution in [0.5, 0.6) is 0 Å². The molecule has 8 atom stereocenters. The van der Waals surface area contributed by atoms with Crippen molar-refractivity contribution in [3.8, 4) is 0 Å². The lowest BCUT2D eigenvalue weighted by molar-refractivity contribution is -0.146. The van der Waals surface area contributed by atoms with E-state index in [2.05, 4.69) is 33.5 Å². The van der Waals surface area contributed by atoms with Gasteiger partial charge in [0.1, 0.15) is 11.6 Å².